The van der Waals surface area contributed by atoms with E-state index < -0.39 is 0 Å². The molecule has 5 nitrogen and oxygen atoms in total. The van der Waals surface area contributed by atoms with E-state index in [9.17, 15) is 4.79 Å². The highest BCUT2D eigenvalue weighted by atomic mass is 35.5. The number of alkyl halides is 2. The van der Waals surface area contributed by atoms with Gasteiger partial charge in [0.25, 0.3) is 0 Å². The molecule has 3 aromatic carbocycles. The van der Waals surface area contributed by atoms with Crippen molar-refractivity contribution in [3.05, 3.63) is 95.1 Å². The van der Waals surface area contributed by atoms with Gasteiger partial charge in [0, 0.05) is 37.0 Å². The molecule has 0 amide bonds. The van der Waals surface area contributed by atoms with Crippen LogP contribution in [0.4, 0.5) is 5.69 Å². The fraction of sp³-hybridized carbons (Fsp3) is 0.537. The zero-order valence-electron chi connectivity index (χ0n) is 28.4. The first-order valence-corrected chi connectivity index (χ1v) is 19.1. The molecule has 0 radical (unpaired) electrons. The van der Waals surface area contributed by atoms with E-state index >= 15 is 0 Å². The summed E-state index contributed by atoms with van der Waals surface area (Å²) in [5.41, 5.74) is 6.75. The van der Waals surface area contributed by atoms with Crippen LogP contribution in [0, 0.1) is 17.3 Å². The third kappa shape index (κ3) is 8.34. The SMILES string of the molecule is C[C@]12CC[C@@H]3c4ccc(OCc5ccccc5)cc4CC[C@H]3[C@@H]1CC[C@@H]2OCCOC(=O)CCCc1ccc(N(CCCl)CCCl)cc1. The monoisotopic (exact) mass is 691 g/mol. The summed E-state index contributed by atoms with van der Waals surface area (Å²) in [6, 6.07) is 25.7. The number of hydrogen-bond acceptors (Lipinski definition) is 5. The molecule has 0 aliphatic heterocycles. The molecule has 0 saturated heterocycles. The van der Waals surface area contributed by atoms with Gasteiger partial charge in [0.05, 0.1) is 12.7 Å². The number of carbonyl (C=O) groups is 1. The molecule has 7 heteroatoms. The lowest BCUT2D eigenvalue weighted by Gasteiger charge is -2.50. The highest BCUT2D eigenvalue weighted by Gasteiger charge is 2.55. The van der Waals surface area contributed by atoms with Gasteiger partial charge >= 0.3 is 5.97 Å². The van der Waals surface area contributed by atoms with E-state index in [1.54, 1.807) is 5.56 Å². The number of aryl methyl sites for hydroxylation is 2. The van der Waals surface area contributed by atoms with Crippen LogP contribution in [0.25, 0.3) is 0 Å². The van der Waals surface area contributed by atoms with Crippen molar-refractivity contribution in [3.8, 4) is 5.75 Å². The summed E-state index contributed by atoms with van der Waals surface area (Å²) >= 11 is 11.9. The minimum absolute atomic E-state index is 0.142. The van der Waals surface area contributed by atoms with Gasteiger partial charge in [-0.25, -0.2) is 0 Å². The molecular weight excluding hydrogens is 641 g/mol. The van der Waals surface area contributed by atoms with E-state index in [0.717, 1.165) is 50.2 Å². The highest BCUT2D eigenvalue weighted by molar-refractivity contribution is 6.18. The van der Waals surface area contributed by atoms with Crippen molar-refractivity contribution in [3.63, 3.8) is 0 Å². The van der Waals surface area contributed by atoms with Crippen LogP contribution in [-0.2, 0) is 33.7 Å². The van der Waals surface area contributed by atoms with Gasteiger partial charge in [0.1, 0.15) is 19.0 Å². The Bertz CT molecular complexity index is 1460. The molecule has 0 spiro atoms. The predicted molar refractivity (Wildman–Crippen MR) is 196 cm³/mol. The molecule has 0 heterocycles. The number of halogens is 2. The first kappa shape index (κ1) is 35.1. The molecule has 3 aliphatic carbocycles. The number of rotatable bonds is 16. The van der Waals surface area contributed by atoms with Gasteiger partial charge in [-0.2, -0.15) is 0 Å². The maximum Gasteiger partial charge on any atom is 0.305 e. The predicted octanol–water partition coefficient (Wildman–Crippen LogP) is 9.36. The molecule has 2 saturated carbocycles. The summed E-state index contributed by atoms with van der Waals surface area (Å²) in [7, 11) is 0. The van der Waals surface area contributed by atoms with Gasteiger partial charge in [-0.1, -0.05) is 55.5 Å². The number of benzene rings is 3. The number of esters is 1. The number of anilines is 1. The normalized spacial score (nSPS) is 24.3. The van der Waals surface area contributed by atoms with Crippen molar-refractivity contribution in [1.29, 1.82) is 0 Å². The number of carbonyl (C=O) groups excluding carboxylic acids is 1. The van der Waals surface area contributed by atoms with Crippen LogP contribution in [0.1, 0.15) is 80.0 Å². The Balaban J connectivity index is 0.917. The molecular formula is C41H51Cl2NO4. The van der Waals surface area contributed by atoms with Crippen LogP contribution in [0.15, 0.2) is 72.8 Å². The molecule has 258 valence electrons. The van der Waals surface area contributed by atoms with Crippen molar-refractivity contribution < 1.29 is 19.0 Å². The van der Waals surface area contributed by atoms with Gasteiger partial charge < -0.3 is 19.1 Å². The lowest BCUT2D eigenvalue weighted by Crippen LogP contribution is -2.45. The average Bonchev–Trinajstić information content (AvgIpc) is 3.45. The molecule has 0 bridgehead atoms. The maximum atomic E-state index is 12.5. The molecule has 48 heavy (non-hydrogen) atoms. The zero-order valence-corrected chi connectivity index (χ0v) is 29.9. The summed E-state index contributed by atoms with van der Waals surface area (Å²) in [6.45, 7) is 5.42. The van der Waals surface area contributed by atoms with E-state index in [0.29, 0.717) is 55.8 Å². The van der Waals surface area contributed by atoms with E-state index in [1.807, 2.05) is 6.07 Å². The van der Waals surface area contributed by atoms with E-state index in [4.69, 9.17) is 37.4 Å². The Kier molecular flexibility index (Phi) is 12.3. The summed E-state index contributed by atoms with van der Waals surface area (Å²) < 4.78 is 18.2. The Morgan fingerprint density at radius 2 is 1.69 bits per heavy atom. The second kappa shape index (κ2) is 16.8. The number of hydrogen-bond donors (Lipinski definition) is 0. The summed E-state index contributed by atoms with van der Waals surface area (Å²) in [5, 5.41) is 0. The Labute approximate surface area is 297 Å². The minimum Gasteiger partial charge on any atom is -0.489 e. The standard InChI is InChI=1S/C41H51Cl2NO4/c1-41-21-20-36-35-17-15-34(48-29-31-6-3-2-4-7-31)28-32(35)12-16-37(36)38(41)18-19-39(41)46-26-27-47-40(45)9-5-8-30-10-13-33(14-11-30)44(24-22-42)25-23-43/h2-4,6-7,10-11,13-15,17,28,36-39H,5,8-9,12,16,18-27,29H2,1H3/t36-,37-,38+,39+,41+/m1/s1. The molecule has 0 unspecified atom stereocenters. The second-order valence-electron chi connectivity index (χ2n) is 14.1. The van der Waals surface area contributed by atoms with Gasteiger partial charge in [-0.05, 0) is 121 Å². The first-order chi connectivity index (χ1) is 23.5. The van der Waals surface area contributed by atoms with E-state index in [1.165, 1.54) is 42.4 Å². The van der Waals surface area contributed by atoms with Gasteiger partial charge in [0.2, 0.25) is 0 Å². The highest BCUT2D eigenvalue weighted by Crippen LogP contribution is 2.61. The summed E-state index contributed by atoms with van der Waals surface area (Å²) in [4.78, 5) is 14.7. The zero-order chi connectivity index (χ0) is 33.3. The largest absolute Gasteiger partial charge is 0.489 e. The average molecular weight is 693 g/mol. The van der Waals surface area contributed by atoms with Crippen molar-refractivity contribution in [2.45, 2.75) is 83.3 Å². The number of fused-ring (bicyclic) bond motifs is 5. The van der Waals surface area contributed by atoms with Gasteiger partial charge in [-0.15, -0.1) is 23.2 Å². The van der Waals surface area contributed by atoms with Crippen LogP contribution >= 0.6 is 23.2 Å². The topological polar surface area (TPSA) is 48.0 Å². The fourth-order valence-electron chi connectivity index (χ4n) is 8.92. The van der Waals surface area contributed by atoms with E-state index in [2.05, 4.69) is 78.6 Å². The third-order valence-corrected chi connectivity index (χ3v) is 11.7. The molecule has 3 aromatic rings. The minimum atomic E-state index is -0.142. The summed E-state index contributed by atoms with van der Waals surface area (Å²) in [5.74, 6) is 4.00. The molecule has 3 aliphatic rings. The quantitative estimate of drug-likeness (QED) is 0.0851. The Morgan fingerprint density at radius 3 is 2.46 bits per heavy atom. The Morgan fingerprint density at radius 1 is 0.896 bits per heavy atom. The molecule has 0 aromatic heterocycles. The van der Waals surface area contributed by atoms with Crippen LogP contribution in [-0.4, -0.2) is 50.1 Å². The molecule has 5 atom stereocenters. The van der Waals surface area contributed by atoms with Crippen molar-refractivity contribution >= 4 is 34.9 Å². The van der Waals surface area contributed by atoms with Crippen LogP contribution in [0.2, 0.25) is 0 Å². The lowest BCUT2D eigenvalue weighted by atomic mass is 9.55. The van der Waals surface area contributed by atoms with Crippen molar-refractivity contribution in [2.24, 2.45) is 17.3 Å². The first-order valence-electron chi connectivity index (χ1n) is 18.0. The van der Waals surface area contributed by atoms with Crippen molar-refractivity contribution in [1.82, 2.24) is 0 Å². The molecule has 2 fully saturated rings. The number of nitrogens with zero attached hydrogens (tertiary/aromatic N) is 1. The molecule has 6 rings (SSSR count). The van der Waals surface area contributed by atoms with Gasteiger partial charge in [-0.3, -0.25) is 4.79 Å². The van der Waals surface area contributed by atoms with Crippen LogP contribution in [0.5, 0.6) is 5.75 Å². The molecule has 0 N–H and O–H groups in total. The van der Waals surface area contributed by atoms with Crippen LogP contribution < -0.4 is 9.64 Å². The van der Waals surface area contributed by atoms with Gasteiger partial charge in [0.15, 0.2) is 0 Å². The number of ether oxygens (including phenoxy) is 3. The lowest BCUT2D eigenvalue weighted by molar-refractivity contribution is -0.147. The van der Waals surface area contributed by atoms with E-state index in [-0.39, 0.29) is 17.5 Å². The van der Waals surface area contributed by atoms with Crippen LogP contribution in [0.3, 0.4) is 0 Å². The Hall–Kier alpha value is -2.73. The van der Waals surface area contributed by atoms with Crippen molar-refractivity contribution in [2.75, 3.05) is 43.0 Å². The maximum absolute atomic E-state index is 12.5. The fourth-order valence-corrected chi connectivity index (χ4v) is 9.33. The second-order valence-corrected chi connectivity index (χ2v) is 14.9. The summed E-state index contributed by atoms with van der Waals surface area (Å²) in [6.07, 6.45) is 9.37. The third-order valence-electron chi connectivity index (χ3n) is 11.4. The smallest absolute Gasteiger partial charge is 0.305 e.